The van der Waals surface area contributed by atoms with Crippen LogP contribution in [0, 0.1) is 0 Å². The molecule has 0 fully saturated rings. The second-order valence-electron chi connectivity index (χ2n) is 4.96. The Morgan fingerprint density at radius 2 is 1.39 bits per heavy atom. The molecule has 3 nitrogen and oxygen atoms in total. The smallest absolute Gasteiger partial charge is 0.336 e. The molecule has 0 unspecified atom stereocenters. The van der Waals surface area contributed by atoms with Crippen molar-refractivity contribution in [2.75, 3.05) is 0 Å². The quantitative estimate of drug-likeness (QED) is 0.674. The highest BCUT2D eigenvalue weighted by Crippen LogP contribution is 2.28. The normalized spacial score (nSPS) is 10.7. The van der Waals surface area contributed by atoms with Gasteiger partial charge in [0.1, 0.15) is 0 Å². The first-order valence-electron chi connectivity index (χ1n) is 6.74. The van der Waals surface area contributed by atoms with Gasteiger partial charge in [-0.2, -0.15) is 0 Å². The summed E-state index contributed by atoms with van der Waals surface area (Å²) in [6.45, 7) is 0. The maximum atomic E-state index is 12.8. The first-order valence-corrected chi connectivity index (χ1v) is 7.49. The molecule has 0 heterocycles. The first kappa shape index (κ1) is 15.5. The maximum absolute atomic E-state index is 12.8. The molecule has 0 amide bonds. The lowest BCUT2D eigenvalue weighted by atomic mass is 9.94. The van der Waals surface area contributed by atoms with E-state index in [4.69, 9.17) is 23.2 Å². The minimum absolute atomic E-state index is 0.148. The molecule has 0 saturated carbocycles. The number of fused-ring (bicyclic) bond motifs is 1. The van der Waals surface area contributed by atoms with Crippen LogP contribution in [0.2, 0.25) is 10.0 Å². The molecule has 1 N–H and O–H groups in total. The third kappa shape index (κ3) is 2.81. The number of carbonyl (C=O) groups excluding carboxylic acids is 1. The summed E-state index contributed by atoms with van der Waals surface area (Å²) in [5.41, 5.74) is 0.816. The van der Waals surface area contributed by atoms with Gasteiger partial charge in [-0.3, -0.25) is 4.79 Å². The molecule has 0 bridgehead atoms. The number of benzene rings is 3. The number of carbonyl (C=O) groups is 2. The van der Waals surface area contributed by atoms with Gasteiger partial charge in [-0.1, -0.05) is 47.5 Å². The molecular weight excluding hydrogens is 335 g/mol. The van der Waals surface area contributed by atoms with E-state index in [1.165, 1.54) is 18.2 Å². The molecule has 3 aromatic carbocycles. The first-order chi connectivity index (χ1) is 11.0. The van der Waals surface area contributed by atoms with Crippen LogP contribution in [0.4, 0.5) is 0 Å². The van der Waals surface area contributed by atoms with Crippen LogP contribution in [0.15, 0.2) is 54.6 Å². The topological polar surface area (TPSA) is 54.4 Å². The van der Waals surface area contributed by atoms with Gasteiger partial charge in [0, 0.05) is 16.1 Å². The van der Waals surface area contributed by atoms with Crippen molar-refractivity contribution in [1.29, 1.82) is 0 Å². The van der Waals surface area contributed by atoms with E-state index >= 15 is 0 Å². The van der Waals surface area contributed by atoms with Crippen LogP contribution in [-0.4, -0.2) is 16.9 Å². The van der Waals surface area contributed by atoms with Crippen LogP contribution in [-0.2, 0) is 0 Å². The van der Waals surface area contributed by atoms with E-state index in [2.05, 4.69) is 0 Å². The van der Waals surface area contributed by atoms with E-state index < -0.39 is 5.97 Å². The Bertz CT molecular complexity index is 948. The van der Waals surface area contributed by atoms with Crippen LogP contribution in [0.1, 0.15) is 26.3 Å². The molecule has 0 aliphatic heterocycles. The molecule has 114 valence electrons. The van der Waals surface area contributed by atoms with Crippen molar-refractivity contribution < 1.29 is 14.7 Å². The monoisotopic (exact) mass is 344 g/mol. The molecule has 3 rings (SSSR count). The molecule has 3 aromatic rings. The van der Waals surface area contributed by atoms with Gasteiger partial charge in [0.2, 0.25) is 0 Å². The third-order valence-corrected chi connectivity index (χ3v) is 4.14. The summed E-state index contributed by atoms with van der Waals surface area (Å²) in [6, 6.07) is 14.5. The number of halogens is 2. The second-order valence-corrected chi connectivity index (χ2v) is 5.81. The van der Waals surface area contributed by atoms with Gasteiger partial charge in [0.05, 0.1) is 10.6 Å². The SMILES string of the molecule is O=C(O)c1ccc(C(=O)c2cc(Cl)ccc2Cl)c2ccccc12. The third-order valence-electron chi connectivity index (χ3n) is 3.57. The molecule has 0 spiro atoms. The molecule has 5 heteroatoms. The minimum atomic E-state index is -1.04. The van der Waals surface area contributed by atoms with Crippen molar-refractivity contribution in [3.8, 4) is 0 Å². The van der Waals surface area contributed by atoms with Crippen LogP contribution in [0.25, 0.3) is 10.8 Å². The Labute approximate surface area is 142 Å². The number of rotatable bonds is 3. The zero-order valence-corrected chi connectivity index (χ0v) is 13.2. The lowest BCUT2D eigenvalue weighted by molar-refractivity contribution is 0.0698. The molecule has 0 radical (unpaired) electrons. The summed E-state index contributed by atoms with van der Waals surface area (Å²) in [7, 11) is 0. The summed E-state index contributed by atoms with van der Waals surface area (Å²) in [4.78, 5) is 24.2. The number of carboxylic acid groups (broad SMARTS) is 1. The Balaban J connectivity index is 2.25. The van der Waals surface area contributed by atoms with Gasteiger partial charge in [0.25, 0.3) is 0 Å². The van der Waals surface area contributed by atoms with Gasteiger partial charge in [-0.15, -0.1) is 0 Å². The largest absolute Gasteiger partial charge is 0.478 e. The number of carboxylic acids is 1. The van der Waals surface area contributed by atoms with Gasteiger partial charge in [-0.05, 0) is 41.1 Å². The number of aromatic carboxylic acids is 1. The minimum Gasteiger partial charge on any atom is -0.478 e. The predicted octanol–water partition coefficient (Wildman–Crippen LogP) is 5.08. The summed E-state index contributed by atoms with van der Waals surface area (Å²) < 4.78 is 0. The number of ketones is 1. The van der Waals surface area contributed by atoms with Gasteiger partial charge < -0.3 is 5.11 Å². The Morgan fingerprint density at radius 3 is 2.04 bits per heavy atom. The lowest BCUT2D eigenvalue weighted by Crippen LogP contribution is -2.06. The zero-order chi connectivity index (χ0) is 16.6. The molecule has 0 saturated heterocycles. The van der Waals surface area contributed by atoms with Crippen LogP contribution in [0.5, 0.6) is 0 Å². The molecule has 0 aliphatic carbocycles. The fourth-order valence-corrected chi connectivity index (χ4v) is 2.88. The Morgan fingerprint density at radius 1 is 0.783 bits per heavy atom. The molecular formula is C18H10Cl2O3. The fraction of sp³-hybridized carbons (Fsp3) is 0. The van der Waals surface area contributed by atoms with Crippen molar-refractivity contribution >= 4 is 45.7 Å². The van der Waals surface area contributed by atoms with Crippen LogP contribution >= 0.6 is 23.2 Å². The van der Waals surface area contributed by atoms with Crippen molar-refractivity contribution in [2.45, 2.75) is 0 Å². The fourth-order valence-electron chi connectivity index (χ4n) is 2.50. The summed E-state index contributed by atoms with van der Waals surface area (Å²) in [5.74, 6) is -1.34. The van der Waals surface area contributed by atoms with E-state index in [0.29, 0.717) is 26.4 Å². The maximum Gasteiger partial charge on any atom is 0.336 e. The van der Waals surface area contributed by atoms with E-state index in [1.807, 2.05) is 0 Å². The van der Waals surface area contributed by atoms with Crippen molar-refractivity contribution in [3.05, 3.63) is 81.3 Å². The average Bonchev–Trinajstić information content (AvgIpc) is 2.55. The van der Waals surface area contributed by atoms with E-state index in [-0.39, 0.29) is 16.9 Å². The van der Waals surface area contributed by atoms with Crippen molar-refractivity contribution in [1.82, 2.24) is 0 Å². The molecule has 23 heavy (non-hydrogen) atoms. The van der Waals surface area contributed by atoms with Crippen molar-refractivity contribution in [3.63, 3.8) is 0 Å². The summed E-state index contributed by atoms with van der Waals surface area (Å²) in [5, 5.41) is 11.1. The van der Waals surface area contributed by atoms with Crippen LogP contribution in [0.3, 0.4) is 0 Å². The van der Waals surface area contributed by atoms with E-state index in [0.717, 1.165) is 0 Å². The number of hydrogen-bond acceptors (Lipinski definition) is 2. The Hall–Kier alpha value is -2.36. The standard InChI is InChI=1S/C18H10Cl2O3/c19-10-5-8-16(20)15(9-10)17(21)13-6-7-14(18(22)23)12-4-2-1-3-11(12)13/h1-9H,(H,22,23). The van der Waals surface area contributed by atoms with Gasteiger partial charge in [0.15, 0.2) is 5.78 Å². The molecule has 0 aliphatic rings. The Kier molecular flexibility index (Phi) is 4.07. The molecule has 0 aromatic heterocycles. The average molecular weight is 345 g/mol. The highest BCUT2D eigenvalue weighted by atomic mass is 35.5. The van der Waals surface area contributed by atoms with Crippen molar-refractivity contribution in [2.24, 2.45) is 0 Å². The van der Waals surface area contributed by atoms with E-state index in [9.17, 15) is 14.7 Å². The highest BCUT2D eigenvalue weighted by Gasteiger charge is 2.18. The summed E-state index contributed by atoms with van der Waals surface area (Å²) in [6.07, 6.45) is 0. The number of hydrogen-bond donors (Lipinski definition) is 1. The predicted molar refractivity (Wildman–Crippen MR) is 90.8 cm³/mol. The van der Waals surface area contributed by atoms with Crippen LogP contribution < -0.4 is 0 Å². The lowest BCUT2D eigenvalue weighted by Gasteiger charge is -2.10. The second kappa shape index (κ2) is 6.03. The summed E-state index contributed by atoms with van der Waals surface area (Å²) >= 11 is 12.0. The van der Waals surface area contributed by atoms with Gasteiger partial charge in [-0.25, -0.2) is 4.79 Å². The van der Waals surface area contributed by atoms with Gasteiger partial charge >= 0.3 is 5.97 Å². The molecule has 0 atom stereocenters. The zero-order valence-electron chi connectivity index (χ0n) is 11.7. The van der Waals surface area contributed by atoms with E-state index in [1.54, 1.807) is 36.4 Å². The highest BCUT2D eigenvalue weighted by molar-refractivity contribution is 6.37.